The predicted molar refractivity (Wildman–Crippen MR) is 58.8 cm³/mol. The molecule has 5 N–H and O–H groups in total. The Morgan fingerprint density at radius 3 is 2.56 bits per heavy atom. The monoisotopic (exact) mass is 225 g/mol. The van der Waals surface area contributed by atoms with Gasteiger partial charge in [0, 0.05) is 13.1 Å². The van der Waals surface area contributed by atoms with Crippen molar-refractivity contribution in [3.63, 3.8) is 0 Å². The first-order valence-corrected chi connectivity index (χ1v) is 4.87. The Morgan fingerprint density at radius 1 is 1.38 bits per heavy atom. The number of anilines is 1. The quantitative estimate of drug-likeness (QED) is 0.496. The normalized spacial score (nSPS) is 9.94. The van der Waals surface area contributed by atoms with Crippen molar-refractivity contribution in [2.24, 2.45) is 5.73 Å². The van der Waals surface area contributed by atoms with Gasteiger partial charge in [-0.2, -0.15) is 5.10 Å². The van der Waals surface area contributed by atoms with Crippen LogP contribution in [0.15, 0.2) is 0 Å². The molecule has 0 aliphatic carbocycles. The molecule has 0 aliphatic heterocycles. The fourth-order valence-corrected chi connectivity index (χ4v) is 1.17. The molecule has 2 amide bonds. The molecular weight excluding hydrogens is 210 g/mol. The molecule has 1 heterocycles. The van der Waals surface area contributed by atoms with Gasteiger partial charge in [-0.15, -0.1) is 0 Å². The molecule has 0 unspecified atom stereocenters. The number of aryl methyl sites for hydroxylation is 2. The van der Waals surface area contributed by atoms with E-state index in [-0.39, 0.29) is 6.54 Å². The molecule has 0 aliphatic rings. The van der Waals surface area contributed by atoms with Gasteiger partial charge in [0.05, 0.1) is 17.1 Å². The van der Waals surface area contributed by atoms with Crippen LogP contribution in [0, 0.1) is 13.8 Å². The van der Waals surface area contributed by atoms with Gasteiger partial charge in [-0.05, 0) is 13.8 Å². The lowest BCUT2D eigenvalue weighted by molar-refractivity contribution is -0.136. The van der Waals surface area contributed by atoms with Crippen LogP contribution in [-0.2, 0) is 9.59 Å². The van der Waals surface area contributed by atoms with E-state index in [1.54, 1.807) is 13.8 Å². The summed E-state index contributed by atoms with van der Waals surface area (Å²) in [7, 11) is 0. The molecule has 0 bridgehead atoms. The lowest BCUT2D eigenvalue weighted by Gasteiger charge is -2.05. The average molecular weight is 225 g/mol. The summed E-state index contributed by atoms with van der Waals surface area (Å²) in [4.78, 5) is 22.7. The highest BCUT2D eigenvalue weighted by Crippen LogP contribution is 2.15. The number of H-pyrrole nitrogens is 1. The minimum Gasteiger partial charge on any atom is -0.347 e. The molecule has 0 saturated heterocycles. The summed E-state index contributed by atoms with van der Waals surface area (Å²) in [6.07, 6.45) is 0. The van der Waals surface area contributed by atoms with Crippen LogP contribution in [0.25, 0.3) is 0 Å². The number of hydrogen-bond donors (Lipinski definition) is 4. The van der Waals surface area contributed by atoms with Crippen molar-refractivity contribution in [3.05, 3.63) is 11.4 Å². The minimum absolute atomic E-state index is 0.273. The zero-order valence-corrected chi connectivity index (χ0v) is 9.26. The largest absolute Gasteiger partial charge is 0.347 e. The fraction of sp³-hybridized carbons (Fsp3) is 0.444. The van der Waals surface area contributed by atoms with Crippen molar-refractivity contribution in [2.45, 2.75) is 13.8 Å². The van der Waals surface area contributed by atoms with Gasteiger partial charge >= 0.3 is 11.8 Å². The van der Waals surface area contributed by atoms with Gasteiger partial charge in [-0.3, -0.25) is 14.7 Å². The van der Waals surface area contributed by atoms with E-state index in [9.17, 15) is 9.59 Å². The third kappa shape index (κ3) is 2.80. The molecule has 0 atom stereocenters. The standard InChI is InChI=1S/C9H15N5O2/c1-5-7(6(2)14-13-5)12-9(16)8(15)11-4-3-10/h3-4,10H2,1-2H3,(H,11,15)(H,12,16)(H,13,14). The maximum atomic E-state index is 11.4. The SMILES string of the molecule is Cc1n[nH]c(C)c1NC(=O)C(=O)NCCN. The second-order valence-electron chi connectivity index (χ2n) is 3.31. The predicted octanol–water partition coefficient (Wildman–Crippen LogP) is -0.960. The zero-order valence-electron chi connectivity index (χ0n) is 9.26. The van der Waals surface area contributed by atoms with Crippen molar-refractivity contribution < 1.29 is 9.59 Å². The maximum absolute atomic E-state index is 11.4. The summed E-state index contributed by atoms with van der Waals surface area (Å²) < 4.78 is 0. The Bertz CT molecular complexity index is 379. The highest BCUT2D eigenvalue weighted by molar-refractivity contribution is 6.39. The van der Waals surface area contributed by atoms with Crippen LogP contribution in [0.2, 0.25) is 0 Å². The molecule has 1 aromatic heterocycles. The number of carbonyl (C=O) groups is 2. The third-order valence-corrected chi connectivity index (χ3v) is 2.00. The van der Waals surface area contributed by atoms with Gasteiger partial charge < -0.3 is 16.4 Å². The summed E-state index contributed by atoms with van der Waals surface area (Å²) in [5, 5.41) is 11.5. The number of amides is 2. The molecule has 0 spiro atoms. The number of nitrogens with zero attached hydrogens (tertiary/aromatic N) is 1. The van der Waals surface area contributed by atoms with Crippen LogP contribution in [0.5, 0.6) is 0 Å². The van der Waals surface area contributed by atoms with Gasteiger partial charge in [-0.1, -0.05) is 0 Å². The van der Waals surface area contributed by atoms with Crippen LogP contribution in [0.4, 0.5) is 5.69 Å². The Kier molecular flexibility index (Phi) is 4.01. The highest BCUT2D eigenvalue weighted by Gasteiger charge is 2.16. The molecule has 1 rings (SSSR count). The van der Waals surface area contributed by atoms with E-state index in [1.165, 1.54) is 0 Å². The number of aromatic nitrogens is 2. The molecule has 0 fully saturated rings. The minimum atomic E-state index is -0.721. The van der Waals surface area contributed by atoms with Crippen LogP contribution in [0.3, 0.4) is 0 Å². The lowest BCUT2D eigenvalue weighted by Crippen LogP contribution is -2.38. The molecule has 0 radical (unpaired) electrons. The van der Waals surface area contributed by atoms with E-state index >= 15 is 0 Å². The van der Waals surface area contributed by atoms with E-state index in [2.05, 4.69) is 20.8 Å². The van der Waals surface area contributed by atoms with Crippen LogP contribution >= 0.6 is 0 Å². The van der Waals surface area contributed by atoms with Crippen molar-refractivity contribution in [1.82, 2.24) is 15.5 Å². The lowest BCUT2D eigenvalue weighted by atomic mass is 10.3. The molecular formula is C9H15N5O2. The molecule has 1 aromatic rings. The summed E-state index contributed by atoms with van der Waals surface area (Å²) in [5.41, 5.74) is 7.08. The van der Waals surface area contributed by atoms with Gasteiger partial charge in [0.1, 0.15) is 0 Å². The van der Waals surface area contributed by atoms with Gasteiger partial charge in [0.15, 0.2) is 0 Å². The Morgan fingerprint density at radius 2 is 2.06 bits per heavy atom. The first-order chi connectivity index (χ1) is 7.56. The van der Waals surface area contributed by atoms with Crippen LogP contribution < -0.4 is 16.4 Å². The first-order valence-electron chi connectivity index (χ1n) is 4.87. The van der Waals surface area contributed by atoms with Crippen LogP contribution in [-0.4, -0.2) is 35.1 Å². The summed E-state index contributed by atoms with van der Waals surface area (Å²) in [5.74, 6) is -1.42. The smallest absolute Gasteiger partial charge is 0.313 e. The van der Waals surface area contributed by atoms with E-state index < -0.39 is 11.8 Å². The molecule has 0 saturated carbocycles. The van der Waals surface area contributed by atoms with Crippen LogP contribution in [0.1, 0.15) is 11.4 Å². The van der Waals surface area contributed by atoms with Crippen molar-refractivity contribution in [3.8, 4) is 0 Å². The summed E-state index contributed by atoms with van der Waals surface area (Å²) >= 11 is 0. The average Bonchev–Trinajstić information content (AvgIpc) is 2.57. The van der Waals surface area contributed by atoms with Gasteiger partial charge in [0.25, 0.3) is 0 Å². The van der Waals surface area contributed by atoms with E-state index in [1.807, 2.05) is 0 Å². The Labute approximate surface area is 92.8 Å². The highest BCUT2D eigenvalue weighted by atomic mass is 16.2. The summed E-state index contributed by atoms with van der Waals surface area (Å²) in [6.45, 7) is 4.06. The van der Waals surface area contributed by atoms with Crippen molar-refractivity contribution in [2.75, 3.05) is 18.4 Å². The Balaban J connectivity index is 2.61. The number of aromatic amines is 1. The molecule has 7 heteroatoms. The van der Waals surface area contributed by atoms with Crippen molar-refractivity contribution in [1.29, 1.82) is 0 Å². The third-order valence-electron chi connectivity index (χ3n) is 2.00. The van der Waals surface area contributed by atoms with E-state index in [0.717, 1.165) is 0 Å². The van der Waals surface area contributed by atoms with E-state index in [0.29, 0.717) is 23.6 Å². The fourth-order valence-electron chi connectivity index (χ4n) is 1.17. The number of hydrogen-bond acceptors (Lipinski definition) is 4. The van der Waals surface area contributed by atoms with Gasteiger partial charge in [-0.25, -0.2) is 0 Å². The number of nitrogens with one attached hydrogen (secondary N) is 3. The second kappa shape index (κ2) is 5.26. The molecule has 88 valence electrons. The molecule has 16 heavy (non-hydrogen) atoms. The molecule has 0 aromatic carbocycles. The Hall–Kier alpha value is -1.89. The topological polar surface area (TPSA) is 113 Å². The van der Waals surface area contributed by atoms with Crippen molar-refractivity contribution >= 4 is 17.5 Å². The number of carbonyl (C=O) groups excluding carboxylic acids is 2. The van der Waals surface area contributed by atoms with Gasteiger partial charge in [0.2, 0.25) is 0 Å². The number of nitrogens with two attached hydrogens (primary N) is 1. The molecule has 7 nitrogen and oxygen atoms in total. The maximum Gasteiger partial charge on any atom is 0.313 e. The summed E-state index contributed by atoms with van der Waals surface area (Å²) in [6, 6.07) is 0. The van der Waals surface area contributed by atoms with E-state index in [4.69, 9.17) is 5.73 Å². The first kappa shape index (κ1) is 12.2. The number of rotatable bonds is 3. The zero-order chi connectivity index (χ0) is 12.1. The second-order valence-corrected chi connectivity index (χ2v) is 3.31.